The lowest BCUT2D eigenvalue weighted by molar-refractivity contribution is 0.222. The zero-order valence-electron chi connectivity index (χ0n) is 15.8. The van der Waals surface area contributed by atoms with Crippen molar-refractivity contribution >= 4 is 0 Å². The Morgan fingerprint density at radius 1 is 1.00 bits per heavy atom. The molecule has 2 aliphatic rings. The number of fused-ring (bicyclic) bond motifs is 1. The van der Waals surface area contributed by atoms with Crippen LogP contribution in [0.2, 0.25) is 0 Å². The quantitative estimate of drug-likeness (QED) is 0.617. The number of furan rings is 1. The summed E-state index contributed by atoms with van der Waals surface area (Å²) < 4.78 is 8.12. The first kappa shape index (κ1) is 16.8. The van der Waals surface area contributed by atoms with Crippen molar-refractivity contribution < 1.29 is 4.42 Å². The van der Waals surface area contributed by atoms with Crippen molar-refractivity contribution in [3.63, 3.8) is 0 Å². The van der Waals surface area contributed by atoms with E-state index in [9.17, 15) is 0 Å². The van der Waals surface area contributed by atoms with Gasteiger partial charge in [0.05, 0.1) is 18.5 Å². The van der Waals surface area contributed by atoms with Gasteiger partial charge in [0.1, 0.15) is 11.6 Å². The molecule has 0 unspecified atom stereocenters. The van der Waals surface area contributed by atoms with Crippen LogP contribution in [0.4, 0.5) is 0 Å². The fourth-order valence-corrected chi connectivity index (χ4v) is 4.28. The van der Waals surface area contributed by atoms with Crippen LogP contribution in [0.5, 0.6) is 0 Å². The number of hydrogen-bond acceptors (Lipinski definition) is 3. The Bertz CT molecular complexity index is 878. The van der Waals surface area contributed by atoms with Crippen molar-refractivity contribution in [3.05, 3.63) is 65.9 Å². The van der Waals surface area contributed by atoms with Gasteiger partial charge in [0.2, 0.25) is 0 Å². The lowest BCUT2D eigenvalue weighted by Crippen LogP contribution is -2.25. The van der Waals surface area contributed by atoms with E-state index in [0.717, 1.165) is 37.6 Å². The first-order chi connectivity index (χ1) is 13.4. The van der Waals surface area contributed by atoms with Crippen molar-refractivity contribution in [1.29, 1.82) is 0 Å². The Morgan fingerprint density at radius 2 is 1.89 bits per heavy atom. The molecule has 1 aromatic carbocycles. The maximum Gasteiger partial charge on any atom is 0.140 e. The third-order valence-corrected chi connectivity index (χ3v) is 5.84. The molecule has 140 valence electrons. The number of rotatable bonds is 6. The molecule has 4 nitrogen and oxygen atoms in total. The summed E-state index contributed by atoms with van der Waals surface area (Å²) in [6, 6.07) is 15.4. The largest absolute Gasteiger partial charge is 0.468 e. The molecule has 1 fully saturated rings. The molecule has 0 spiro atoms. The highest BCUT2D eigenvalue weighted by Gasteiger charge is 2.31. The molecule has 4 heteroatoms. The second kappa shape index (κ2) is 7.35. The number of imidazole rings is 1. The lowest BCUT2D eigenvalue weighted by atomic mass is 10.1. The summed E-state index contributed by atoms with van der Waals surface area (Å²) in [4.78, 5) is 7.73. The molecule has 27 heavy (non-hydrogen) atoms. The number of benzene rings is 1. The minimum absolute atomic E-state index is 0.679. The summed E-state index contributed by atoms with van der Waals surface area (Å²) in [6.07, 6.45) is 9.35. The third-order valence-electron chi connectivity index (χ3n) is 5.84. The summed E-state index contributed by atoms with van der Waals surface area (Å²) in [6.45, 7) is 2.90. The minimum atomic E-state index is 0.679. The van der Waals surface area contributed by atoms with Gasteiger partial charge in [0.25, 0.3) is 0 Å². The second-order valence-electron chi connectivity index (χ2n) is 7.87. The van der Waals surface area contributed by atoms with Gasteiger partial charge >= 0.3 is 0 Å². The monoisotopic (exact) mass is 361 g/mol. The molecule has 0 amide bonds. The standard InChI is InChI=1S/C23H27N3O/c1-3-8-18(9-4-1)23-24-21(22-11-5-2-6-14-26(22)23)17-25(19-12-13-19)16-20-10-7-15-27-20/h1,3-4,7-10,15,19H,2,5-6,11-14,16-17H2. The molecule has 5 rings (SSSR count). The smallest absolute Gasteiger partial charge is 0.140 e. The fraction of sp³-hybridized carbons (Fsp3) is 0.435. The molecule has 0 N–H and O–H groups in total. The van der Waals surface area contributed by atoms with Crippen molar-refractivity contribution in [2.75, 3.05) is 0 Å². The van der Waals surface area contributed by atoms with Crippen LogP contribution in [0.15, 0.2) is 53.1 Å². The van der Waals surface area contributed by atoms with Gasteiger partial charge < -0.3 is 8.98 Å². The van der Waals surface area contributed by atoms with Crippen LogP contribution in [-0.2, 0) is 26.1 Å². The number of hydrogen-bond donors (Lipinski definition) is 0. The van der Waals surface area contributed by atoms with Gasteiger partial charge in [-0.15, -0.1) is 0 Å². The van der Waals surface area contributed by atoms with E-state index in [1.807, 2.05) is 6.07 Å². The van der Waals surface area contributed by atoms with Gasteiger partial charge in [-0.05, 0) is 44.2 Å². The molecule has 1 aliphatic heterocycles. The van der Waals surface area contributed by atoms with Crippen molar-refractivity contribution in [1.82, 2.24) is 14.5 Å². The van der Waals surface area contributed by atoms with E-state index in [-0.39, 0.29) is 0 Å². The van der Waals surface area contributed by atoms with Gasteiger partial charge in [-0.2, -0.15) is 0 Å². The summed E-state index contributed by atoms with van der Waals surface area (Å²) >= 11 is 0. The Hall–Kier alpha value is -2.33. The first-order valence-corrected chi connectivity index (χ1v) is 10.3. The van der Waals surface area contributed by atoms with Crippen molar-refractivity contribution in [2.24, 2.45) is 0 Å². The van der Waals surface area contributed by atoms with Gasteiger partial charge in [-0.3, -0.25) is 4.90 Å². The highest BCUT2D eigenvalue weighted by molar-refractivity contribution is 5.57. The molecule has 0 atom stereocenters. The Morgan fingerprint density at radius 3 is 2.67 bits per heavy atom. The van der Waals surface area contributed by atoms with Crippen molar-refractivity contribution in [3.8, 4) is 11.4 Å². The van der Waals surface area contributed by atoms with E-state index in [0.29, 0.717) is 6.04 Å². The highest BCUT2D eigenvalue weighted by Crippen LogP contribution is 2.33. The lowest BCUT2D eigenvalue weighted by Gasteiger charge is -2.20. The molecule has 3 heterocycles. The summed E-state index contributed by atoms with van der Waals surface area (Å²) in [5, 5.41) is 0. The van der Waals surface area contributed by atoms with Gasteiger partial charge in [0.15, 0.2) is 0 Å². The van der Waals surface area contributed by atoms with Crippen LogP contribution >= 0.6 is 0 Å². The molecule has 2 aromatic heterocycles. The van der Waals surface area contributed by atoms with E-state index in [4.69, 9.17) is 9.40 Å². The van der Waals surface area contributed by atoms with Crippen LogP contribution in [0, 0.1) is 0 Å². The van der Waals surface area contributed by atoms with Crippen molar-refractivity contribution in [2.45, 2.75) is 64.2 Å². The summed E-state index contributed by atoms with van der Waals surface area (Å²) in [5.41, 5.74) is 3.96. The zero-order valence-corrected chi connectivity index (χ0v) is 15.8. The van der Waals surface area contributed by atoms with Crippen LogP contribution in [0.3, 0.4) is 0 Å². The Balaban J connectivity index is 1.48. The molecule has 0 radical (unpaired) electrons. The predicted octanol–water partition coefficient (Wildman–Crippen LogP) is 5.03. The molecule has 1 aliphatic carbocycles. The molecular weight excluding hydrogens is 334 g/mol. The predicted molar refractivity (Wildman–Crippen MR) is 106 cm³/mol. The maximum absolute atomic E-state index is 5.62. The normalized spacial score (nSPS) is 17.1. The second-order valence-corrected chi connectivity index (χ2v) is 7.87. The summed E-state index contributed by atoms with van der Waals surface area (Å²) in [5.74, 6) is 2.20. The van der Waals surface area contributed by atoms with E-state index in [1.54, 1.807) is 6.26 Å². The van der Waals surface area contributed by atoms with Crippen LogP contribution in [0.1, 0.15) is 49.3 Å². The molecule has 0 saturated heterocycles. The van der Waals surface area contributed by atoms with E-state index in [2.05, 4.69) is 45.9 Å². The number of aromatic nitrogens is 2. The first-order valence-electron chi connectivity index (χ1n) is 10.3. The fourth-order valence-electron chi connectivity index (χ4n) is 4.28. The number of nitrogens with zero attached hydrogens (tertiary/aromatic N) is 3. The van der Waals surface area contributed by atoms with Crippen LogP contribution in [-0.4, -0.2) is 20.5 Å². The average molecular weight is 361 g/mol. The molecule has 3 aromatic rings. The summed E-state index contributed by atoms with van der Waals surface area (Å²) in [7, 11) is 0. The molecule has 1 saturated carbocycles. The topological polar surface area (TPSA) is 34.2 Å². The maximum atomic E-state index is 5.62. The zero-order chi connectivity index (χ0) is 18.1. The highest BCUT2D eigenvalue weighted by atomic mass is 16.3. The van der Waals surface area contributed by atoms with E-state index in [1.165, 1.54) is 49.1 Å². The van der Waals surface area contributed by atoms with Gasteiger partial charge in [-0.1, -0.05) is 36.8 Å². The third kappa shape index (κ3) is 3.59. The Kier molecular flexibility index (Phi) is 4.58. The van der Waals surface area contributed by atoms with Crippen LogP contribution < -0.4 is 0 Å². The van der Waals surface area contributed by atoms with E-state index >= 15 is 0 Å². The van der Waals surface area contributed by atoms with Crippen LogP contribution in [0.25, 0.3) is 11.4 Å². The van der Waals surface area contributed by atoms with Gasteiger partial charge in [-0.25, -0.2) is 4.98 Å². The van der Waals surface area contributed by atoms with E-state index < -0.39 is 0 Å². The average Bonchev–Trinajstić information content (AvgIpc) is 3.40. The Labute approximate surface area is 160 Å². The SMILES string of the molecule is c1ccc(-c2nc(CN(Cc3ccco3)C3CC3)c3n2CCCCC3)cc1. The molecule has 0 bridgehead atoms. The molecular formula is C23H27N3O. The minimum Gasteiger partial charge on any atom is -0.468 e. The van der Waals surface area contributed by atoms with Gasteiger partial charge in [0, 0.05) is 30.4 Å².